The lowest BCUT2D eigenvalue weighted by Crippen LogP contribution is -2.28. The molecule has 146 valence electrons. The Bertz CT molecular complexity index is 1050. The van der Waals surface area contributed by atoms with Gasteiger partial charge in [-0.05, 0) is 30.2 Å². The first-order chi connectivity index (χ1) is 13.5. The van der Waals surface area contributed by atoms with Crippen LogP contribution in [-0.4, -0.2) is 36.4 Å². The number of nitrogens with one attached hydrogen (secondary N) is 2. The molecule has 1 aromatic heterocycles. The maximum atomic E-state index is 12.4. The fraction of sp³-hybridized carbons (Fsp3) is 0.211. The fourth-order valence-electron chi connectivity index (χ4n) is 2.75. The van der Waals surface area contributed by atoms with Crippen molar-refractivity contribution in [2.75, 3.05) is 13.7 Å². The monoisotopic (exact) mass is 389 g/mol. The summed E-state index contributed by atoms with van der Waals surface area (Å²) in [5, 5.41) is 9.71. The molecule has 0 spiro atoms. The second-order valence-corrected chi connectivity index (χ2v) is 5.82. The third-order valence-electron chi connectivity index (χ3n) is 4.05. The third-order valence-corrected chi connectivity index (χ3v) is 4.05. The number of rotatable bonds is 7. The number of nitrogens with zero attached hydrogens (tertiary/aromatic N) is 1. The molecule has 1 heterocycles. The Labute approximate surface area is 158 Å². The van der Waals surface area contributed by atoms with Crippen LogP contribution < -0.4 is 20.3 Å². The molecule has 0 radical (unpaired) electrons. The number of benzene rings is 2. The van der Waals surface area contributed by atoms with Crippen LogP contribution in [-0.2, 0) is 6.42 Å². The van der Waals surface area contributed by atoms with E-state index in [2.05, 4.69) is 20.3 Å². The van der Waals surface area contributed by atoms with Crippen LogP contribution in [0.2, 0.25) is 0 Å². The van der Waals surface area contributed by atoms with Gasteiger partial charge in [0.1, 0.15) is 0 Å². The van der Waals surface area contributed by atoms with Crippen LogP contribution in [0.3, 0.4) is 0 Å². The van der Waals surface area contributed by atoms with Gasteiger partial charge < -0.3 is 14.8 Å². The lowest BCUT2D eigenvalue weighted by atomic mass is 10.1. The predicted octanol–water partition coefficient (Wildman–Crippen LogP) is 2.51. The van der Waals surface area contributed by atoms with Crippen molar-refractivity contribution in [1.82, 2.24) is 15.5 Å². The highest BCUT2D eigenvalue weighted by Crippen LogP contribution is 2.29. The summed E-state index contributed by atoms with van der Waals surface area (Å²) in [7, 11) is 1.35. The Morgan fingerprint density at radius 2 is 1.93 bits per heavy atom. The molecule has 9 heteroatoms. The van der Waals surface area contributed by atoms with E-state index < -0.39 is 12.5 Å². The zero-order valence-electron chi connectivity index (χ0n) is 14.9. The number of hydrogen-bond donors (Lipinski definition) is 2. The quantitative estimate of drug-likeness (QED) is 0.648. The van der Waals surface area contributed by atoms with E-state index in [-0.39, 0.29) is 29.3 Å². The summed E-state index contributed by atoms with van der Waals surface area (Å²) in [5.74, 6) is -0.316. The van der Waals surface area contributed by atoms with Crippen molar-refractivity contribution in [2.45, 2.75) is 13.0 Å². The maximum absolute atomic E-state index is 12.4. The molecular weight excluding hydrogens is 372 g/mol. The van der Waals surface area contributed by atoms with Crippen molar-refractivity contribution in [3.63, 3.8) is 0 Å². The van der Waals surface area contributed by atoms with E-state index >= 15 is 0 Å². The van der Waals surface area contributed by atoms with Gasteiger partial charge in [-0.25, -0.2) is 5.10 Å². The number of alkyl halides is 2. The fourth-order valence-corrected chi connectivity index (χ4v) is 2.75. The van der Waals surface area contributed by atoms with Gasteiger partial charge in [0, 0.05) is 11.9 Å². The van der Waals surface area contributed by atoms with Gasteiger partial charge in [0.15, 0.2) is 17.2 Å². The number of aromatic amines is 1. The molecule has 0 bridgehead atoms. The first-order valence-corrected chi connectivity index (χ1v) is 8.37. The van der Waals surface area contributed by atoms with Crippen molar-refractivity contribution in [2.24, 2.45) is 0 Å². The molecule has 7 nitrogen and oxygen atoms in total. The average Bonchev–Trinajstić information content (AvgIpc) is 2.69. The van der Waals surface area contributed by atoms with Crippen LogP contribution in [0.15, 0.2) is 47.3 Å². The minimum absolute atomic E-state index is 0.0609. The average molecular weight is 389 g/mol. The second-order valence-electron chi connectivity index (χ2n) is 5.82. The number of halogens is 2. The van der Waals surface area contributed by atoms with Crippen LogP contribution in [0.5, 0.6) is 11.5 Å². The van der Waals surface area contributed by atoms with Crippen LogP contribution >= 0.6 is 0 Å². The van der Waals surface area contributed by atoms with Crippen molar-refractivity contribution in [1.29, 1.82) is 0 Å². The van der Waals surface area contributed by atoms with Gasteiger partial charge in [0.25, 0.3) is 11.5 Å². The Morgan fingerprint density at radius 3 is 2.64 bits per heavy atom. The van der Waals surface area contributed by atoms with Crippen LogP contribution in [0, 0.1) is 0 Å². The summed E-state index contributed by atoms with van der Waals surface area (Å²) >= 11 is 0. The Balaban J connectivity index is 1.68. The normalized spacial score (nSPS) is 10.9. The highest BCUT2D eigenvalue weighted by atomic mass is 19.3. The molecule has 2 N–H and O–H groups in total. The summed E-state index contributed by atoms with van der Waals surface area (Å²) in [6.45, 7) is -2.68. The van der Waals surface area contributed by atoms with Crippen molar-refractivity contribution >= 4 is 16.7 Å². The van der Waals surface area contributed by atoms with E-state index in [9.17, 15) is 18.4 Å². The molecule has 0 aliphatic heterocycles. The number of carbonyl (C=O) groups is 1. The van der Waals surface area contributed by atoms with Crippen molar-refractivity contribution in [3.8, 4) is 11.5 Å². The molecule has 0 atom stereocenters. The lowest BCUT2D eigenvalue weighted by molar-refractivity contribution is -0.0512. The number of amides is 1. The van der Waals surface area contributed by atoms with E-state index in [1.54, 1.807) is 36.4 Å². The number of H-pyrrole nitrogens is 1. The highest BCUT2D eigenvalue weighted by molar-refractivity contribution is 6.04. The van der Waals surface area contributed by atoms with Gasteiger partial charge in [-0.15, -0.1) is 0 Å². The molecule has 0 saturated heterocycles. The van der Waals surface area contributed by atoms with Crippen molar-refractivity contribution < 1.29 is 23.0 Å². The maximum Gasteiger partial charge on any atom is 0.387 e. The SMILES string of the molecule is COc1cc(CCNC(=O)c2n[nH]c(=O)c3ccccc23)ccc1OC(F)F. The zero-order valence-corrected chi connectivity index (χ0v) is 14.9. The van der Waals surface area contributed by atoms with E-state index in [0.29, 0.717) is 17.2 Å². The number of carbonyl (C=O) groups excluding carboxylic acids is 1. The molecule has 0 saturated carbocycles. The minimum Gasteiger partial charge on any atom is -0.493 e. The molecule has 0 aliphatic rings. The predicted molar refractivity (Wildman–Crippen MR) is 98.0 cm³/mol. The highest BCUT2D eigenvalue weighted by Gasteiger charge is 2.14. The number of fused-ring (bicyclic) bond motifs is 1. The first kappa shape index (κ1) is 19.3. The summed E-state index contributed by atoms with van der Waals surface area (Å²) < 4.78 is 34.2. The molecule has 3 aromatic rings. The zero-order chi connectivity index (χ0) is 20.1. The Kier molecular flexibility index (Phi) is 5.83. The van der Waals surface area contributed by atoms with Gasteiger partial charge in [0.2, 0.25) is 0 Å². The smallest absolute Gasteiger partial charge is 0.387 e. The molecule has 1 amide bonds. The van der Waals surface area contributed by atoms with Crippen molar-refractivity contribution in [3.05, 3.63) is 64.1 Å². The molecule has 3 rings (SSSR count). The topological polar surface area (TPSA) is 93.3 Å². The van der Waals surface area contributed by atoms with Gasteiger partial charge in [-0.1, -0.05) is 24.3 Å². The Hall–Kier alpha value is -3.49. The summed E-state index contributed by atoms with van der Waals surface area (Å²) in [5.41, 5.74) is 0.511. The Morgan fingerprint density at radius 1 is 1.18 bits per heavy atom. The van der Waals surface area contributed by atoms with E-state index in [1.165, 1.54) is 13.2 Å². The lowest BCUT2D eigenvalue weighted by Gasteiger charge is -2.12. The molecule has 0 fully saturated rings. The van der Waals surface area contributed by atoms with Gasteiger partial charge in [0.05, 0.1) is 12.5 Å². The third kappa shape index (κ3) is 4.25. The first-order valence-electron chi connectivity index (χ1n) is 8.37. The molecule has 0 aliphatic carbocycles. The van der Waals surface area contributed by atoms with Crippen LogP contribution in [0.1, 0.15) is 16.1 Å². The summed E-state index contributed by atoms with van der Waals surface area (Å²) in [6.07, 6.45) is 0.429. The number of methoxy groups -OCH3 is 1. The summed E-state index contributed by atoms with van der Waals surface area (Å²) in [4.78, 5) is 24.2. The van der Waals surface area contributed by atoms with E-state index in [0.717, 1.165) is 5.56 Å². The standard InChI is InChI=1S/C19H17F2N3O4/c1-27-15-10-11(6-7-14(15)28-19(20)21)8-9-22-18(26)16-12-4-2-3-5-13(12)17(25)24-23-16/h2-7,10,19H,8-9H2,1H3,(H,22,26)(H,24,25). The van der Waals surface area contributed by atoms with E-state index in [4.69, 9.17) is 4.74 Å². The van der Waals surface area contributed by atoms with Crippen LogP contribution in [0.25, 0.3) is 10.8 Å². The summed E-state index contributed by atoms with van der Waals surface area (Å²) in [6, 6.07) is 11.3. The number of hydrogen-bond acceptors (Lipinski definition) is 5. The number of ether oxygens (including phenoxy) is 2. The van der Waals surface area contributed by atoms with E-state index in [1.807, 2.05) is 0 Å². The minimum atomic E-state index is -2.95. The second kappa shape index (κ2) is 8.47. The van der Waals surface area contributed by atoms with Gasteiger partial charge in [-0.3, -0.25) is 9.59 Å². The van der Waals surface area contributed by atoms with Gasteiger partial charge >= 0.3 is 6.61 Å². The molecule has 0 unspecified atom stereocenters. The largest absolute Gasteiger partial charge is 0.493 e. The van der Waals surface area contributed by atoms with Gasteiger partial charge in [-0.2, -0.15) is 13.9 Å². The molecular formula is C19H17F2N3O4. The van der Waals surface area contributed by atoms with Crippen LogP contribution in [0.4, 0.5) is 8.78 Å². The molecule has 2 aromatic carbocycles. The number of aromatic nitrogens is 2. The molecule has 28 heavy (non-hydrogen) atoms.